The predicted octanol–water partition coefficient (Wildman–Crippen LogP) is 14.3. The zero-order chi connectivity index (χ0) is 58.4. The number of ether oxygens (including phenoxy) is 1. The minimum absolute atomic E-state index is 0.636. The maximum absolute atomic E-state index is 15.4. The lowest BCUT2D eigenvalue weighted by molar-refractivity contribution is -0.503. The van der Waals surface area contributed by atoms with Crippen LogP contribution >= 0.6 is 0 Å². The van der Waals surface area contributed by atoms with Gasteiger partial charge in [0.25, 0.3) is 0 Å². The van der Waals surface area contributed by atoms with Crippen LogP contribution in [0.25, 0.3) is 0 Å². The van der Waals surface area contributed by atoms with Gasteiger partial charge in [-0.15, -0.1) is 0 Å². The zero-order valence-electron chi connectivity index (χ0n) is 30.3. The molecule has 0 bridgehead atoms. The van der Waals surface area contributed by atoms with Crippen molar-refractivity contribution in [3.05, 3.63) is 12.2 Å². The molecule has 70 heavy (non-hydrogen) atoms. The highest BCUT2D eigenvalue weighted by Gasteiger charge is 3.04. The van der Waals surface area contributed by atoms with E-state index in [9.17, 15) is 189 Å². The normalized spacial score (nSPS) is 17.0. The maximum Gasteiger partial charge on any atom is 0.460 e. The van der Waals surface area contributed by atoms with Gasteiger partial charge in [-0.2, -0.15) is 189 Å². The molecule has 2 nitrogen and oxygen atoms in total. The van der Waals surface area contributed by atoms with Gasteiger partial charge in [-0.3, -0.25) is 0 Å². The number of hydrogen-bond donors (Lipinski definition) is 0. The first-order valence-electron chi connectivity index (χ1n) is 14.8. The number of halogens is 43. The van der Waals surface area contributed by atoms with Crippen molar-refractivity contribution in [2.45, 2.75) is 132 Å². The van der Waals surface area contributed by atoms with Crippen LogP contribution in [0.3, 0.4) is 0 Å². The summed E-state index contributed by atoms with van der Waals surface area (Å²) >= 11 is 0. The average molecular weight is 1150 g/mol. The summed E-state index contributed by atoms with van der Waals surface area (Å²) in [6.07, 6.45) is -17.1. The van der Waals surface area contributed by atoms with E-state index >= 15 is 4.39 Å². The molecule has 45 heteroatoms. The van der Waals surface area contributed by atoms with Crippen molar-refractivity contribution >= 4 is 5.97 Å². The molecule has 0 aromatic carbocycles. The van der Waals surface area contributed by atoms with Crippen LogP contribution in [0.4, 0.5) is 189 Å². The molecular formula is C25H5F43O2. The quantitative estimate of drug-likeness (QED) is 0.0690. The first-order chi connectivity index (χ1) is 29.3. The maximum atomic E-state index is 15.4. The number of hydrogen-bond acceptors (Lipinski definition) is 2. The molecule has 0 aliphatic heterocycles. The molecule has 0 aliphatic carbocycles. The molecule has 0 aliphatic rings. The van der Waals surface area contributed by atoms with Crippen molar-refractivity contribution in [2.75, 3.05) is 0 Å². The number of carbonyl (C=O) groups is 1. The second-order valence-electron chi connectivity index (χ2n) is 13.1. The van der Waals surface area contributed by atoms with Gasteiger partial charge in [-0.05, 0) is 6.92 Å². The smallest absolute Gasteiger partial charge is 0.413 e. The lowest BCUT2D eigenvalue weighted by Crippen LogP contribution is -2.82. The molecule has 0 aromatic heterocycles. The SMILES string of the molecule is C=C(C)C(=O)OC(F)(C(F)(F)C(F)(F)C(F)(F)C(F)(F)C(F)(F)C(F)(F)C(F)(F)C(F)(F)C(F)(F)C(F)(F)F)C(F)(F)C(F)(F)C(F)(F)C(F)(F)C(F)(F)C(F)(F)C(F)(F)C(F)(F)C(F)(F)C(F)(F)F. The highest BCUT2D eigenvalue weighted by atomic mass is 19.5. The summed E-state index contributed by atoms with van der Waals surface area (Å²) in [5.74, 6) is -198. The van der Waals surface area contributed by atoms with Crippen LogP contribution < -0.4 is 0 Å². The van der Waals surface area contributed by atoms with E-state index in [1.54, 1.807) is 11.3 Å². The standard InChI is InChI=1S/C25H5F43O2/c1-3(2)4(69)70-23(62,19(54,55)15(46,47)11(38,39)7(30,31)5(26,27)9(34,35)13(42,43)17(50,51)21(58,59)24(63,64)65)20(56,57)16(48,49)12(40,41)8(32,33)6(28,29)10(36,37)14(44,45)18(52,53)22(60,61)25(66,67)68/h1H2,2H3. The van der Waals surface area contributed by atoms with E-state index in [1.807, 2.05) is 0 Å². The van der Waals surface area contributed by atoms with E-state index in [-0.39, 0.29) is 0 Å². The van der Waals surface area contributed by atoms with E-state index in [2.05, 4.69) is 0 Å². The molecule has 0 aromatic rings. The first-order valence-corrected chi connectivity index (χ1v) is 14.8. The fourth-order valence-corrected chi connectivity index (χ4v) is 4.06. The van der Waals surface area contributed by atoms with Gasteiger partial charge in [0.05, 0.1) is 0 Å². The van der Waals surface area contributed by atoms with Gasteiger partial charge in [-0.25, -0.2) is 4.79 Å². The summed E-state index contributed by atoms with van der Waals surface area (Å²) < 4.78 is 594. The van der Waals surface area contributed by atoms with Crippen molar-refractivity contribution in [1.82, 2.24) is 0 Å². The Labute approximate surface area is 349 Å². The number of carbonyl (C=O) groups excluding carboxylic acids is 1. The molecule has 0 heterocycles. The summed E-state index contributed by atoms with van der Waals surface area (Å²) in [5.41, 5.74) is -2.66. The predicted molar refractivity (Wildman–Crippen MR) is 126 cm³/mol. The lowest BCUT2D eigenvalue weighted by Gasteiger charge is -2.49. The fourth-order valence-electron chi connectivity index (χ4n) is 4.06. The van der Waals surface area contributed by atoms with Gasteiger partial charge in [0.2, 0.25) is 0 Å². The molecule has 0 atom stereocenters. The Morgan fingerprint density at radius 2 is 0.357 bits per heavy atom. The molecule has 0 saturated carbocycles. The molecule has 0 rings (SSSR count). The van der Waals surface area contributed by atoms with E-state index in [0.717, 1.165) is 0 Å². The third kappa shape index (κ3) is 7.48. The Kier molecular flexibility index (Phi) is 15.2. The molecule has 0 radical (unpaired) electrons. The average Bonchev–Trinajstić information content (AvgIpc) is 3.11. The molecule has 418 valence electrons. The van der Waals surface area contributed by atoms with Crippen LogP contribution in [0, 0.1) is 0 Å². The summed E-state index contributed by atoms with van der Waals surface area (Å²) in [7, 11) is 0. The van der Waals surface area contributed by atoms with E-state index in [1.165, 1.54) is 0 Å². The minimum atomic E-state index is -10.6. The number of rotatable bonds is 20. The fraction of sp³-hybridized carbons (Fsp3) is 0.880. The summed E-state index contributed by atoms with van der Waals surface area (Å²) in [4.78, 5) is 11.5. The number of alkyl halides is 43. The van der Waals surface area contributed by atoms with Gasteiger partial charge in [0.1, 0.15) is 0 Å². The van der Waals surface area contributed by atoms with Crippen LogP contribution in [0.15, 0.2) is 12.2 Å². The highest BCUT2D eigenvalue weighted by Crippen LogP contribution is 2.71. The minimum Gasteiger partial charge on any atom is -0.413 e. The van der Waals surface area contributed by atoms with Gasteiger partial charge in [0.15, 0.2) is 0 Å². The summed E-state index contributed by atoms with van der Waals surface area (Å²) in [5, 5.41) is 0. The summed E-state index contributed by atoms with van der Waals surface area (Å²) in [6, 6.07) is 0. The summed E-state index contributed by atoms with van der Waals surface area (Å²) in [6.45, 7) is 1.12. The lowest BCUT2D eigenvalue weighted by atomic mass is 9.81. The van der Waals surface area contributed by atoms with E-state index < -0.39 is 143 Å². The third-order valence-corrected chi connectivity index (χ3v) is 8.41. The Balaban J connectivity index is 8.66. The first kappa shape index (κ1) is 66.2. The van der Waals surface area contributed by atoms with Crippen LogP contribution in [-0.2, 0) is 9.53 Å². The Hall–Kier alpha value is -3.80. The van der Waals surface area contributed by atoms with Crippen molar-refractivity contribution in [1.29, 1.82) is 0 Å². The van der Waals surface area contributed by atoms with Crippen molar-refractivity contribution in [2.24, 2.45) is 0 Å². The zero-order valence-corrected chi connectivity index (χ0v) is 30.3. The number of esters is 1. The Morgan fingerprint density at radius 1 is 0.243 bits per heavy atom. The molecule has 0 N–H and O–H groups in total. The molecule has 0 spiro atoms. The van der Waals surface area contributed by atoms with Crippen LogP contribution in [0.1, 0.15) is 6.92 Å². The van der Waals surface area contributed by atoms with Crippen molar-refractivity contribution in [3.8, 4) is 0 Å². The van der Waals surface area contributed by atoms with Gasteiger partial charge < -0.3 is 4.74 Å². The van der Waals surface area contributed by atoms with E-state index in [0.29, 0.717) is 0 Å². The Bertz CT molecular complexity index is 1830. The van der Waals surface area contributed by atoms with Crippen molar-refractivity contribution < 1.29 is 198 Å². The Morgan fingerprint density at radius 3 is 0.471 bits per heavy atom. The monoisotopic (exact) mass is 1150 g/mol. The molecule has 0 amide bonds. The molecular weight excluding hydrogens is 1150 g/mol. The largest absolute Gasteiger partial charge is 0.460 e. The van der Waals surface area contributed by atoms with Gasteiger partial charge >= 0.3 is 131 Å². The van der Waals surface area contributed by atoms with Gasteiger partial charge in [0, 0.05) is 5.57 Å². The van der Waals surface area contributed by atoms with Crippen molar-refractivity contribution in [3.63, 3.8) is 0 Å². The van der Waals surface area contributed by atoms with Crippen LogP contribution in [0.5, 0.6) is 0 Å². The molecule has 0 fully saturated rings. The van der Waals surface area contributed by atoms with E-state index in [4.69, 9.17) is 0 Å². The third-order valence-electron chi connectivity index (χ3n) is 8.41. The van der Waals surface area contributed by atoms with Crippen LogP contribution in [-0.4, -0.2) is 131 Å². The second kappa shape index (κ2) is 16.1. The molecule has 0 saturated heterocycles. The van der Waals surface area contributed by atoms with Crippen LogP contribution in [0.2, 0.25) is 0 Å². The second-order valence-corrected chi connectivity index (χ2v) is 13.1. The highest BCUT2D eigenvalue weighted by molar-refractivity contribution is 5.87. The topological polar surface area (TPSA) is 26.3 Å². The molecule has 0 unspecified atom stereocenters. The van der Waals surface area contributed by atoms with Gasteiger partial charge in [-0.1, -0.05) is 6.58 Å².